The lowest BCUT2D eigenvalue weighted by Gasteiger charge is -1.99. The first-order chi connectivity index (χ1) is 5.91. The van der Waals surface area contributed by atoms with E-state index in [1.165, 1.54) is 32.1 Å². The molecule has 12 heavy (non-hydrogen) atoms. The van der Waals surface area contributed by atoms with Gasteiger partial charge >= 0.3 is 0 Å². The molecule has 2 N–H and O–H groups in total. The molecule has 0 unspecified atom stereocenters. The predicted octanol–water partition coefficient (Wildman–Crippen LogP) is 2.23. The summed E-state index contributed by atoms with van der Waals surface area (Å²) in [6.45, 7) is 3.07. The fourth-order valence-electron chi connectivity index (χ4n) is 1.08. The molecule has 0 aliphatic heterocycles. The lowest BCUT2D eigenvalue weighted by atomic mass is 10.1. The number of nitrogens with zero attached hydrogens (tertiary/aromatic N) is 1. The van der Waals surface area contributed by atoms with E-state index in [0.717, 1.165) is 13.0 Å². The van der Waals surface area contributed by atoms with Crippen LogP contribution < -0.4 is 5.32 Å². The SMILES string of the molecule is CCCCCCCCN[C]=NO. The summed E-state index contributed by atoms with van der Waals surface area (Å²) in [5.74, 6) is 0. The lowest BCUT2D eigenvalue weighted by Crippen LogP contribution is -2.12. The van der Waals surface area contributed by atoms with Gasteiger partial charge in [0.05, 0.1) is 0 Å². The van der Waals surface area contributed by atoms with Crippen molar-refractivity contribution in [1.29, 1.82) is 0 Å². The molecule has 3 nitrogen and oxygen atoms in total. The van der Waals surface area contributed by atoms with Crippen molar-refractivity contribution < 1.29 is 5.21 Å². The number of rotatable bonds is 8. The average molecular weight is 171 g/mol. The molecule has 0 aromatic carbocycles. The largest absolute Gasteiger partial charge is 0.409 e. The van der Waals surface area contributed by atoms with Crippen LogP contribution in [-0.4, -0.2) is 18.1 Å². The van der Waals surface area contributed by atoms with Crippen molar-refractivity contribution in [3.8, 4) is 0 Å². The zero-order chi connectivity index (χ0) is 9.07. The summed E-state index contributed by atoms with van der Waals surface area (Å²) < 4.78 is 0. The van der Waals surface area contributed by atoms with Gasteiger partial charge in [-0.2, -0.15) is 0 Å². The van der Waals surface area contributed by atoms with Crippen molar-refractivity contribution in [3.63, 3.8) is 0 Å². The highest BCUT2D eigenvalue weighted by atomic mass is 16.4. The lowest BCUT2D eigenvalue weighted by molar-refractivity contribution is 0.319. The molecule has 1 radical (unpaired) electrons. The second-order valence-corrected chi connectivity index (χ2v) is 2.91. The van der Waals surface area contributed by atoms with Crippen LogP contribution in [-0.2, 0) is 0 Å². The second-order valence-electron chi connectivity index (χ2n) is 2.91. The van der Waals surface area contributed by atoms with Crippen LogP contribution >= 0.6 is 0 Å². The van der Waals surface area contributed by atoms with E-state index in [9.17, 15) is 0 Å². The van der Waals surface area contributed by atoms with Gasteiger partial charge in [0, 0.05) is 6.54 Å². The van der Waals surface area contributed by atoms with Gasteiger partial charge in [-0.25, -0.2) is 0 Å². The van der Waals surface area contributed by atoms with Gasteiger partial charge in [0.1, 0.15) is 0 Å². The quantitative estimate of drug-likeness (QED) is 0.147. The van der Waals surface area contributed by atoms with E-state index in [0.29, 0.717) is 0 Å². The molecule has 0 aliphatic carbocycles. The molecular formula is C9H19N2O. The Morgan fingerprint density at radius 3 is 2.50 bits per heavy atom. The smallest absolute Gasteiger partial charge is 0.211 e. The van der Waals surface area contributed by atoms with Crippen molar-refractivity contribution in [2.75, 3.05) is 6.54 Å². The maximum Gasteiger partial charge on any atom is 0.211 e. The third-order valence-electron chi connectivity index (χ3n) is 1.78. The van der Waals surface area contributed by atoms with E-state index in [-0.39, 0.29) is 0 Å². The highest BCUT2D eigenvalue weighted by Crippen LogP contribution is 2.03. The van der Waals surface area contributed by atoms with Gasteiger partial charge in [-0.05, 0) is 6.42 Å². The monoisotopic (exact) mass is 171 g/mol. The first-order valence-corrected chi connectivity index (χ1v) is 4.73. The molecular weight excluding hydrogens is 152 g/mol. The Morgan fingerprint density at radius 1 is 1.17 bits per heavy atom. The molecule has 71 valence electrons. The van der Waals surface area contributed by atoms with Crippen LogP contribution in [0.4, 0.5) is 0 Å². The molecule has 0 aliphatic rings. The summed E-state index contributed by atoms with van der Waals surface area (Å²) in [4.78, 5) is 0. The Morgan fingerprint density at radius 2 is 1.83 bits per heavy atom. The number of hydrogen-bond acceptors (Lipinski definition) is 2. The van der Waals surface area contributed by atoms with E-state index in [4.69, 9.17) is 5.21 Å². The molecule has 0 spiro atoms. The van der Waals surface area contributed by atoms with E-state index < -0.39 is 0 Å². The molecule has 3 heteroatoms. The van der Waals surface area contributed by atoms with Gasteiger partial charge in [0.15, 0.2) is 0 Å². The average Bonchev–Trinajstić information content (AvgIpc) is 2.10. The van der Waals surface area contributed by atoms with Crippen LogP contribution in [0.1, 0.15) is 45.4 Å². The molecule has 0 bridgehead atoms. The van der Waals surface area contributed by atoms with E-state index >= 15 is 0 Å². The Balaban J connectivity index is 2.81. The fourth-order valence-corrected chi connectivity index (χ4v) is 1.08. The van der Waals surface area contributed by atoms with E-state index in [1.807, 2.05) is 0 Å². The number of unbranched alkanes of at least 4 members (excludes halogenated alkanes) is 5. The predicted molar refractivity (Wildman–Crippen MR) is 50.6 cm³/mol. The first kappa shape index (κ1) is 11.3. The maximum absolute atomic E-state index is 7.99. The highest BCUT2D eigenvalue weighted by Gasteiger charge is 1.88. The van der Waals surface area contributed by atoms with Gasteiger partial charge < -0.3 is 10.5 Å². The minimum Gasteiger partial charge on any atom is -0.409 e. The van der Waals surface area contributed by atoms with E-state index in [2.05, 4.69) is 23.7 Å². The van der Waals surface area contributed by atoms with Crippen molar-refractivity contribution >= 4 is 6.34 Å². The topological polar surface area (TPSA) is 44.6 Å². The Labute approximate surface area is 74.9 Å². The van der Waals surface area contributed by atoms with Crippen LogP contribution in [0.2, 0.25) is 0 Å². The Bertz CT molecular complexity index is 105. The summed E-state index contributed by atoms with van der Waals surface area (Å²) in [7, 11) is 0. The van der Waals surface area contributed by atoms with Gasteiger partial charge in [-0.15, -0.1) is 0 Å². The van der Waals surface area contributed by atoms with Crippen molar-refractivity contribution in [3.05, 3.63) is 0 Å². The molecule has 0 saturated heterocycles. The van der Waals surface area contributed by atoms with Crippen molar-refractivity contribution in [1.82, 2.24) is 5.32 Å². The summed E-state index contributed by atoms with van der Waals surface area (Å²) in [5.41, 5.74) is 0. The zero-order valence-corrected chi connectivity index (χ0v) is 7.84. The number of hydrogen-bond donors (Lipinski definition) is 2. The maximum atomic E-state index is 7.99. The highest BCUT2D eigenvalue weighted by molar-refractivity contribution is 5.52. The Kier molecular flexibility index (Phi) is 9.65. The Hall–Kier alpha value is -0.730. The molecule has 0 saturated carbocycles. The third-order valence-corrected chi connectivity index (χ3v) is 1.78. The second kappa shape index (κ2) is 10.3. The third kappa shape index (κ3) is 9.27. The molecule has 0 aromatic rings. The summed E-state index contributed by atoms with van der Waals surface area (Å²) in [5, 5.41) is 13.5. The summed E-state index contributed by atoms with van der Waals surface area (Å²) in [6.07, 6.45) is 9.95. The molecule has 0 amide bonds. The van der Waals surface area contributed by atoms with Gasteiger partial charge in [-0.3, -0.25) is 0 Å². The molecule has 0 aromatic heterocycles. The fraction of sp³-hybridized carbons (Fsp3) is 0.889. The van der Waals surface area contributed by atoms with E-state index in [1.54, 1.807) is 0 Å². The number of nitrogens with one attached hydrogen (secondary N) is 1. The van der Waals surface area contributed by atoms with Crippen molar-refractivity contribution in [2.24, 2.45) is 5.16 Å². The van der Waals surface area contributed by atoms with Crippen LogP contribution in [0, 0.1) is 0 Å². The van der Waals surface area contributed by atoms with Crippen LogP contribution in [0.5, 0.6) is 0 Å². The normalized spacial score (nSPS) is 10.8. The molecule has 0 atom stereocenters. The molecule has 0 heterocycles. The van der Waals surface area contributed by atoms with Gasteiger partial charge in [0.2, 0.25) is 6.34 Å². The summed E-state index contributed by atoms with van der Waals surface area (Å²) >= 11 is 0. The molecule has 0 rings (SSSR count). The van der Waals surface area contributed by atoms with Crippen LogP contribution in [0.3, 0.4) is 0 Å². The molecule has 0 fully saturated rings. The minimum absolute atomic E-state index is 0.857. The van der Waals surface area contributed by atoms with Crippen LogP contribution in [0.15, 0.2) is 5.16 Å². The van der Waals surface area contributed by atoms with Gasteiger partial charge in [-0.1, -0.05) is 44.2 Å². The summed E-state index contributed by atoms with van der Waals surface area (Å²) in [6, 6.07) is 0. The first-order valence-electron chi connectivity index (χ1n) is 4.73. The zero-order valence-electron chi connectivity index (χ0n) is 7.84. The van der Waals surface area contributed by atoms with Gasteiger partial charge in [0.25, 0.3) is 0 Å². The minimum atomic E-state index is 0.857. The standard InChI is InChI=1S/C9H19N2O/c1-2-3-4-5-6-7-8-10-9-11-12/h12H,2-8H2,1H3,(H,10,11). The van der Waals surface area contributed by atoms with Crippen molar-refractivity contribution in [2.45, 2.75) is 45.4 Å². The van der Waals surface area contributed by atoms with Crippen LogP contribution in [0.25, 0.3) is 0 Å².